The lowest BCUT2D eigenvalue weighted by Gasteiger charge is -2.21. The largest absolute Gasteiger partial charge is 0.396 e. The molecule has 0 spiro atoms. The average molecular weight is 186 g/mol. The molecule has 2 heteroatoms. The Kier molecular flexibility index (Phi) is 6.21. The lowest BCUT2D eigenvalue weighted by molar-refractivity contribution is 0.0259. The van der Waals surface area contributed by atoms with Gasteiger partial charge in [0.15, 0.2) is 0 Å². The molecule has 2 nitrogen and oxygen atoms in total. The van der Waals surface area contributed by atoms with Crippen molar-refractivity contribution in [2.24, 2.45) is 0 Å². The molecule has 0 radical (unpaired) electrons. The molecular weight excluding hydrogens is 164 g/mol. The van der Waals surface area contributed by atoms with Crippen molar-refractivity contribution in [3.05, 3.63) is 0 Å². The Balaban J connectivity index is 1.86. The van der Waals surface area contributed by atoms with Crippen molar-refractivity contribution in [1.82, 2.24) is 0 Å². The summed E-state index contributed by atoms with van der Waals surface area (Å²) in [6.45, 7) is 1.22. The molecule has 1 fully saturated rings. The van der Waals surface area contributed by atoms with Crippen LogP contribution in [-0.2, 0) is 4.74 Å². The second kappa shape index (κ2) is 7.34. The fourth-order valence-corrected chi connectivity index (χ4v) is 1.87. The van der Waals surface area contributed by atoms with E-state index in [2.05, 4.69) is 0 Å². The zero-order valence-corrected chi connectivity index (χ0v) is 8.50. The van der Waals surface area contributed by atoms with E-state index in [0.717, 1.165) is 25.9 Å². The molecule has 0 amide bonds. The van der Waals surface area contributed by atoms with Crippen molar-refractivity contribution in [1.29, 1.82) is 0 Å². The van der Waals surface area contributed by atoms with Crippen molar-refractivity contribution in [2.45, 2.75) is 57.5 Å². The van der Waals surface area contributed by atoms with Crippen LogP contribution in [-0.4, -0.2) is 24.4 Å². The molecule has 0 aromatic rings. The molecule has 1 N–H and O–H groups in total. The molecule has 0 saturated heterocycles. The van der Waals surface area contributed by atoms with E-state index in [-0.39, 0.29) is 0 Å². The van der Waals surface area contributed by atoms with Crippen molar-refractivity contribution in [3.63, 3.8) is 0 Å². The van der Waals surface area contributed by atoms with Crippen LogP contribution in [0, 0.1) is 0 Å². The van der Waals surface area contributed by atoms with E-state index in [4.69, 9.17) is 9.84 Å². The summed E-state index contributed by atoms with van der Waals surface area (Å²) in [6, 6.07) is 0. The Labute approximate surface area is 81.3 Å². The van der Waals surface area contributed by atoms with Gasteiger partial charge in [0, 0.05) is 13.2 Å². The number of aliphatic hydroxyl groups is 1. The van der Waals surface area contributed by atoms with Crippen LogP contribution >= 0.6 is 0 Å². The first-order chi connectivity index (χ1) is 6.43. The van der Waals surface area contributed by atoms with Crippen LogP contribution in [0.4, 0.5) is 0 Å². The van der Waals surface area contributed by atoms with E-state index in [0.29, 0.717) is 12.7 Å². The number of aliphatic hydroxyl groups excluding tert-OH is 1. The van der Waals surface area contributed by atoms with Crippen LogP contribution < -0.4 is 0 Å². The summed E-state index contributed by atoms with van der Waals surface area (Å²) in [5.74, 6) is 0. The maximum atomic E-state index is 8.57. The van der Waals surface area contributed by atoms with Crippen molar-refractivity contribution in [2.75, 3.05) is 13.2 Å². The molecule has 0 heterocycles. The second-order valence-electron chi connectivity index (χ2n) is 3.92. The zero-order chi connectivity index (χ0) is 9.36. The fraction of sp³-hybridized carbons (Fsp3) is 1.00. The van der Waals surface area contributed by atoms with Crippen LogP contribution in [0.2, 0.25) is 0 Å². The van der Waals surface area contributed by atoms with Crippen molar-refractivity contribution < 1.29 is 9.84 Å². The number of hydrogen-bond donors (Lipinski definition) is 1. The molecule has 1 aliphatic rings. The van der Waals surface area contributed by atoms with Gasteiger partial charge in [0.05, 0.1) is 6.10 Å². The Morgan fingerprint density at radius 1 is 1.00 bits per heavy atom. The number of ether oxygens (including phenoxy) is 1. The topological polar surface area (TPSA) is 29.5 Å². The van der Waals surface area contributed by atoms with Crippen LogP contribution in [0.5, 0.6) is 0 Å². The molecule has 78 valence electrons. The number of rotatable bonds is 6. The standard InChI is InChI=1S/C11H22O2/c12-9-5-2-6-10-13-11-7-3-1-4-8-11/h11-12H,1-10H2. The summed E-state index contributed by atoms with van der Waals surface area (Å²) >= 11 is 0. The van der Waals surface area contributed by atoms with Gasteiger partial charge in [-0.15, -0.1) is 0 Å². The average Bonchev–Trinajstić information content (AvgIpc) is 2.19. The molecule has 1 aliphatic carbocycles. The summed E-state index contributed by atoms with van der Waals surface area (Å²) < 4.78 is 5.75. The maximum Gasteiger partial charge on any atom is 0.0575 e. The van der Waals surface area contributed by atoms with E-state index in [1.54, 1.807) is 0 Å². The smallest absolute Gasteiger partial charge is 0.0575 e. The Morgan fingerprint density at radius 3 is 2.46 bits per heavy atom. The van der Waals surface area contributed by atoms with E-state index < -0.39 is 0 Å². The van der Waals surface area contributed by atoms with Gasteiger partial charge in [0.25, 0.3) is 0 Å². The number of hydrogen-bond acceptors (Lipinski definition) is 2. The normalized spacial score (nSPS) is 19.2. The monoisotopic (exact) mass is 186 g/mol. The molecule has 1 rings (SSSR count). The minimum Gasteiger partial charge on any atom is -0.396 e. The van der Waals surface area contributed by atoms with Crippen molar-refractivity contribution in [3.8, 4) is 0 Å². The number of unbranched alkanes of at least 4 members (excludes halogenated alkanes) is 2. The van der Waals surface area contributed by atoms with Crippen LogP contribution in [0.15, 0.2) is 0 Å². The van der Waals surface area contributed by atoms with Gasteiger partial charge < -0.3 is 9.84 Å². The SMILES string of the molecule is OCCCCCOC1CCCCC1. The van der Waals surface area contributed by atoms with Crippen molar-refractivity contribution >= 4 is 0 Å². The summed E-state index contributed by atoms with van der Waals surface area (Å²) in [6.07, 6.45) is 10.3. The van der Waals surface area contributed by atoms with E-state index in [1.165, 1.54) is 32.1 Å². The van der Waals surface area contributed by atoms with Gasteiger partial charge in [-0.2, -0.15) is 0 Å². The Hall–Kier alpha value is -0.0800. The molecule has 0 aliphatic heterocycles. The highest BCUT2D eigenvalue weighted by molar-refractivity contribution is 4.64. The minimum atomic E-state index is 0.323. The third-order valence-electron chi connectivity index (χ3n) is 2.71. The zero-order valence-electron chi connectivity index (χ0n) is 8.50. The molecule has 0 aromatic heterocycles. The third-order valence-corrected chi connectivity index (χ3v) is 2.71. The molecule has 0 atom stereocenters. The van der Waals surface area contributed by atoms with Crippen LogP contribution in [0.1, 0.15) is 51.4 Å². The Bertz CT molecular complexity index is 109. The predicted octanol–water partition coefficient (Wildman–Crippen LogP) is 2.50. The first-order valence-corrected chi connectivity index (χ1v) is 5.66. The molecule has 13 heavy (non-hydrogen) atoms. The highest BCUT2D eigenvalue weighted by Gasteiger charge is 2.12. The highest BCUT2D eigenvalue weighted by Crippen LogP contribution is 2.20. The van der Waals surface area contributed by atoms with Gasteiger partial charge in [-0.05, 0) is 32.1 Å². The highest BCUT2D eigenvalue weighted by atomic mass is 16.5. The molecule has 0 unspecified atom stereocenters. The molecule has 0 bridgehead atoms. The first kappa shape index (κ1) is 11.0. The fourth-order valence-electron chi connectivity index (χ4n) is 1.87. The lowest BCUT2D eigenvalue weighted by atomic mass is 9.98. The summed E-state index contributed by atoms with van der Waals surface area (Å²) in [5.41, 5.74) is 0. The summed E-state index contributed by atoms with van der Waals surface area (Å²) in [4.78, 5) is 0. The predicted molar refractivity (Wildman–Crippen MR) is 53.8 cm³/mol. The summed E-state index contributed by atoms with van der Waals surface area (Å²) in [5, 5.41) is 8.57. The van der Waals surface area contributed by atoms with Gasteiger partial charge in [0.1, 0.15) is 0 Å². The second-order valence-corrected chi connectivity index (χ2v) is 3.92. The molecule has 0 aromatic carbocycles. The first-order valence-electron chi connectivity index (χ1n) is 5.66. The molecule has 1 saturated carbocycles. The minimum absolute atomic E-state index is 0.323. The van der Waals surface area contributed by atoms with Gasteiger partial charge in [-0.25, -0.2) is 0 Å². The quantitative estimate of drug-likeness (QED) is 0.646. The lowest BCUT2D eigenvalue weighted by Crippen LogP contribution is -2.17. The van der Waals surface area contributed by atoms with Gasteiger partial charge in [-0.1, -0.05) is 19.3 Å². The van der Waals surface area contributed by atoms with Gasteiger partial charge in [-0.3, -0.25) is 0 Å². The summed E-state index contributed by atoms with van der Waals surface area (Å²) in [7, 11) is 0. The van der Waals surface area contributed by atoms with E-state index >= 15 is 0 Å². The van der Waals surface area contributed by atoms with Gasteiger partial charge in [0.2, 0.25) is 0 Å². The third kappa shape index (κ3) is 5.27. The molecular formula is C11H22O2. The van der Waals surface area contributed by atoms with Crippen LogP contribution in [0.3, 0.4) is 0 Å². The Morgan fingerprint density at radius 2 is 1.77 bits per heavy atom. The van der Waals surface area contributed by atoms with Crippen LogP contribution in [0.25, 0.3) is 0 Å². The van der Waals surface area contributed by atoms with E-state index in [9.17, 15) is 0 Å². The van der Waals surface area contributed by atoms with Gasteiger partial charge >= 0.3 is 0 Å². The van der Waals surface area contributed by atoms with E-state index in [1.807, 2.05) is 0 Å². The maximum absolute atomic E-state index is 8.57.